The fraction of sp³-hybridized carbons (Fsp3) is 0.217. The molecule has 4 aromatic carbocycles. The van der Waals surface area contributed by atoms with Gasteiger partial charge in [-0.15, -0.1) is 0 Å². The molecule has 0 atom stereocenters. The molecule has 0 unspecified atom stereocenters. The van der Waals surface area contributed by atoms with Gasteiger partial charge in [0, 0.05) is 29.2 Å². The van der Waals surface area contributed by atoms with E-state index in [1.54, 1.807) is 0 Å². The van der Waals surface area contributed by atoms with Crippen molar-refractivity contribution in [3.05, 3.63) is 173 Å². The lowest BCUT2D eigenvalue weighted by Crippen LogP contribution is -2.11. The van der Waals surface area contributed by atoms with Crippen molar-refractivity contribution in [1.82, 2.24) is 4.98 Å². The summed E-state index contributed by atoms with van der Waals surface area (Å²) in [6.07, 6.45) is 20.6. The van der Waals surface area contributed by atoms with Gasteiger partial charge in [-0.1, -0.05) is 156 Å². The van der Waals surface area contributed by atoms with E-state index in [2.05, 4.69) is 97.8 Å². The lowest BCUT2D eigenvalue weighted by Gasteiger charge is -2.18. The van der Waals surface area contributed by atoms with Crippen molar-refractivity contribution in [2.75, 3.05) is 5.73 Å². The minimum absolute atomic E-state index is 0.519. The molecular formula is C46H53N3. The Labute approximate surface area is 295 Å². The summed E-state index contributed by atoms with van der Waals surface area (Å²) < 4.78 is 0. The number of nitrogens with two attached hydrogens (primary N) is 1. The first-order chi connectivity index (χ1) is 24.0. The summed E-state index contributed by atoms with van der Waals surface area (Å²) in [6.45, 7) is 12.3. The van der Waals surface area contributed by atoms with Crippen LogP contribution in [-0.4, -0.2) is 10.7 Å². The topological polar surface area (TPSA) is 62.8 Å². The molecule has 252 valence electrons. The zero-order chi connectivity index (χ0) is 35.4. The molecule has 6 rings (SSSR count). The van der Waals surface area contributed by atoms with Crippen molar-refractivity contribution in [1.29, 1.82) is 5.41 Å². The van der Waals surface area contributed by atoms with E-state index in [0.717, 1.165) is 36.8 Å². The Morgan fingerprint density at radius 3 is 2.06 bits per heavy atom. The van der Waals surface area contributed by atoms with Crippen molar-refractivity contribution in [3.8, 4) is 22.3 Å². The molecule has 1 aliphatic carbocycles. The summed E-state index contributed by atoms with van der Waals surface area (Å²) in [7, 11) is 0. The van der Waals surface area contributed by atoms with Crippen molar-refractivity contribution < 1.29 is 0 Å². The number of benzene rings is 4. The van der Waals surface area contributed by atoms with Crippen LogP contribution in [0.3, 0.4) is 0 Å². The highest BCUT2D eigenvalue weighted by atomic mass is 14.6. The van der Waals surface area contributed by atoms with Crippen molar-refractivity contribution in [2.45, 2.75) is 67.2 Å². The monoisotopic (exact) mass is 647 g/mol. The Balaban J connectivity index is 0.000000250. The summed E-state index contributed by atoms with van der Waals surface area (Å²) >= 11 is 0. The number of nitrogen functional groups attached to an aromatic ring is 1. The number of hydrogen-bond donors (Lipinski definition) is 2. The first-order valence-corrected chi connectivity index (χ1v) is 17.7. The Morgan fingerprint density at radius 1 is 0.755 bits per heavy atom. The van der Waals surface area contributed by atoms with Crippen molar-refractivity contribution >= 4 is 17.5 Å². The van der Waals surface area contributed by atoms with Gasteiger partial charge in [-0.2, -0.15) is 0 Å². The summed E-state index contributed by atoms with van der Waals surface area (Å²) in [5.41, 5.74) is 19.1. The number of pyridine rings is 1. The van der Waals surface area contributed by atoms with Gasteiger partial charge in [0.15, 0.2) is 0 Å². The van der Waals surface area contributed by atoms with Crippen LogP contribution in [0, 0.1) is 12.3 Å². The molecule has 0 saturated carbocycles. The van der Waals surface area contributed by atoms with Crippen LogP contribution in [-0.2, 0) is 12.8 Å². The molecule has 0 aliphatic heterocycles. The number of hydrogen-bond acceptors (Lipinski definition) is 3. The van der Waals surface area contributed by atoms with Gasteiger partial charge >= 0.3 is 0 Å². The molecule has 0 fully saturated rings. The zero-order valence-electron chi connectivity index (χ0n) is 30.2. The van der Waals surface area contributed by atoms with E-state index in [-0.39, 0.29) is 0 Å². The summed E-state index contributed by atoms with van der Waals surface area (Å²) in [5, 5.41) is 8.45. The highest BCUT2D eigenvalue weighted by Crippen LogP contribution is 2.29. The molecule has 3 nitrogen and oxygen atoms in total. The largest absolute Gasteiger partial charge is 0.398 e. The molecule has 0 bridgehead atoms. The number of allylic oxidation sites excluding steroid dienone is 5. The Morgan fingerprint density at radius 2 is 1.39 bits per heavy atom. The van der Waals surface area contributed by atoms with E-state index < -0.39 is 0 Å². The predicted molar refractivity (Wildman–Crippen MR) is 215 cm³/mol. The highest BCUT2D eigenvalue weighted by molar-refractivity contribution is 6.15. The number of fused-ring (bicyclic) bond motifs is 1. The van der Waals surface area contributed by atoms with Crippen LogP contribution < -0.4 is 5.73 Å². The minimum atomic E-state index is 0.519. The van der Waals surface area contributed by atoms with E-state index in [9.17, 15) is 0 Å². The first kappa shape index (κ1) is 38.2. The average molecular weight is 648 g/mol. The SMILES string of the molecule is CC.CC.CC/C=C\C=C/Cc1cc(C)cc(-c2ccc(-c3ccncc3)cc2)c1.N=C(c1ccccc1)c1c(N)ccc2c1CCC=C2. The first-order valence-electron chi connectivity index (χ1n) is 17.7. The van der Waals surface area contributed by atoms with Gasteiger partial charge in [0.05, 0.1) is 5.71 Å². The molecule has 1 aromatic heterocycles. The standard InChI is InChI=1S/C25H25N.C17H16N2.2C2H6/c1-3-4-5-6-7-8-21-17-20(2)18-25(19-21)23-11-9-22(10-12-23)24-13-15-26-16-14-24;18-15-11-10-12-6-4-5-9-14(12)16(15)17(19)13-7-2-1-3-8-13;2*1-2/h4-7,9-19H,3,8H2,1-2H3;1-4,6-8,10-11,19H,5,9,18H2;2*1-2H3/b5-4-,7-6-;;;. The summed E-state index contributed by atoms with van der Waals surface area (Å²) in [5.74, 6) is 0. The normalized spacial score (nSPS) is 11.4. The average Bonchev–Trinajstić information content (AvgIpc) is 3.17. The van der Waals surface area contributed by atoms with E-state index in [1.807, 2.05) is 94.7 Å². The van der Waals surface area contributed by atoms with E-state index in [4.69, 9.17) is 11.1 Å². The molecule has 0 radical (unpaired) electrons. The van der Waals surface area contributed by atoms with Gasteiger partial charge in [0.25, 0.3) is 0 Å². The van der Waals surface area contributed by atoms with Crippen LogP contribution in [0.4, 0.5) is 5.69 Å². The molecule has 0 spiro atoms. The maximum atomic E-state index is 8.45. The van der Waals surface area contributed by atoms with Crippen LogP contribution in [0.15, 0.2) is 140 Å². The number of nitrogens with zero attached hydrogens (tertiary/aromatic N) is 1. The number of aromatic nitrogens is 1. The fourth-order valence-corrected chi connectivity index (χ4v) is 5.63. The van der Waals surface area contributed by atoms with Crippen molar-refractivity contribution in [2.24, 2.45) is 0 Å². The zero-order valence-corrected chi connectivity index (χ0v) is 30.2. The molecule has 1 heterocycles. The number of anilines is 1. The number of aryl methyl sites for hydroxylation is 1. The molecule has 5 aromatic rings. The number of nitrogens with one attached hydrogen (secondary N) is 1. The fourth-order valence-electron chi connectivity index (χ4n) is 5.63. The van der Waals surface area contributed by atoms with E-state index in [1.165, 1.54) is 44.5 Å². The molecular weight excluding hydrogens is 595 g/mol. The van der Waals surface area contributed by atoms with Crippen LogP contribution in [0.5, 0.6) is 0 Å². The maximum absolute atomic E-state index is 8.45. The van der Waals surface area contributed by atoms with E-state index in [0.29, 0.717) is 11.4 Å². The van der Waals surface area contributed by atoms with Crippen LogP contribution in [0.2, 0.25) is 0 Å². The lowest BCUT2D eigenvalue weighted by molar-refractivity contribution is 0.982. The maximum Gasteiger partial charge on any atom is 0.0708 e. The van der Waals surface area contributed by atoms with Gasteiger partial charge in [-0.25, -0.2) is 0 Å². The predicted octanol–water partition coefficient (Wildman–Crippen LogP) is 12.5. The van der Waals surface area contributed by atoms with Crippen molar-refractivity contribution in [3.63, 3.8) is 0 Å². The second-order valence-electron chi connectivity index (χ2n) is 11.3. The third kappa shape index (κ3) is 11.1. The van der Waals surface area contributed by atoms with Crippen LogP contribution in [0.1, 0.15) is 80.8 Å². The molecule has 3 N–H and O–H groups in total. The highest BCUT2D eigenvalue weighted by Gasteiger charge is 2.17. The number of rotatable bonds is 8. The molecule has 0 saturated heterocycles. The lowest BCUT2D eigenvalue weighted by atomic mass is 9.87. The van der Waals surface area contributed by atoms with Gasteiger partial charge in [0.2, 0.25) is 0 Å². The third-order valence-corrected chi connectivity index (χ3v) is 7.89. The van der Waals surface area contributed by atoms with Gasteiger partial charge < -0.3 is 5.73 Å². The Hall–Kier alpha value is -5.28. The smallest absolute Gasteiger partial charge is 0.0708 e. The second-order valence-corrected chi connectivity index (χ2v) is 11.3. The molecule has 1 aliphatic rings. The molecule has 3 heteroatoms. The molecule has 49 heavy (non-hydrogen) atoms. The van der Waals surface area contributed by atoms with Crippen LogP contribution in [0.25, 0.3) is 28.3 Å². The van der Waals surface area contributed by atoms with Gasteiger partial charge in [-0.05, 0) is 89.8 Å². The second kappa shape index (κ2) is 20.8. The summed E-state index contributed by atoms with van der Waals surface area (Å²) in [4.78, 5) is 4.09. The minimum Gasteiger partial charge on any atom is -0.398 e. The quantitative estimate of drug-likeness (QED) is 0.1000. The Bertz CT molecular complexity index is 1810. The molecule has 0 amide bonds. The summed E-state index contributed by atoms with van der Waals surface area (Å²) in [6, 6.07) is 33.4. The van der Waals surface area contributed by atoms with Gasteiger partial charge in [-0.3, -0.25) is 10.4 Å². The third-order valence-electron chi connectivity index (χ3n) is 7.89. The van der Waals surface area contributed by atoms with Crippen LogP contribution >= 0.6 is 0 Å². The Kier molecular flexibility index (Phi) is 16.2. The van der Waals surface area contributed by atoms with Gasteiger partial charge in [0.1, 0.15) is 0 Å². The van der Waals surface area contributed by atoms with E-state index >= 15 is 0 Å².